The lowest BCUT2D eigenvalue weighted by Gasteiger charge is -2.55. The number of halogens is 1. The Kier molecular flexibility index (Phi) is 9.03. The van der Waals surface area contributed by atoms with Crippen LogP contribution < -0.4 is 0 Å². The molecule has 5 atom stereocenters. The number of rotatable bonds is 11. The van der Waals surface area contributed by atoms with Gasteiger partial charge in [-0.3, -0.25) is 0 Å². The van der Waals surface area contributed by atoms with E-state index in [0.29, 0.717) is 18.9 Å². The molecule has 0 saturated heterocycles. The van der Waals surface area contributed by atoms with E-state index >= 15 is 0 Å². The Labute approximate surface area is 222 Å². The van der Waals surface area contributed by atoms with Gasteiger partial charge in [-0.1, -0.05) is 31.4 Å². The minimum absolute atomic E-state index is 0.00798. The molecule has 6 aliphatic carbocycles. The number of hydrogen-bond acceptors (Lipinski definition) is 5. The molecule has 0 radical (unpaired) electrons. The second-order valence-electron chi connectivity index (χ2n) is 13.0. The van der Waals surface area contributed by atoms with Crippen molar-refractivity contribution in [2.75, 3.05) is 13.2 Å². The predicted molar refractivity (Wildman–Crippen MR) is 141 cm³/mol. The first-order chi connectivity index (χ1) is 17.4. The van der Waals surface area contributed by atoms with Crippen molar-refractivity contribution in [3.05, 3.63) is 12.2 Å². The molecule has 2 N–H and O–H groups in total. The van der Waals surface area contributed by atoms with Crippen molar-refractivity contribution in [3.63, 3.8) is 0 Å². The van der Waals surface area contributed by atoms with E-state index in [0.717, 1.165) is 69.1 Å². The van der Waals surface area contributed by atoms with Crippen molar-refractivity contribution >= 4 is 17.6 Å². The number of alkyl halides is 1. The highest BCUT2D eigenvalue weighted by Gasteiger charge is 2.53. The SMILES string of the molecule is O=C(COC/C=C\CC1C(CC[C@H](O)C2CCCCC2)[C@@H](O)C[C@@H]1Cl)OC12CC3CC(CC(C3)C1)C2. The fourth-order valence-electron chi connectivity index (χ4n) is 8.94. The third-order valence-electron chi connectivity index (χ3n) is 10.3. The average molecular weight is 523 g/mol. The van der Waals surface area contributed by atoms with Gasteiger partial charge in [0, 0.05) is 5.38 Å². The van der Waals surface area contributed by atoms with Crippen LogP contribution in [0.3, 0.4) is 0 Å². The second-order valence-corrected chi connectivity index (χ2v) is 13.5. The maximum absolute atomic E-state index is 12.5. The molecule has 204 valence electrons. The molecule has 2 unspecified atom stereocenters. The summed E-state index contributed by atoms with van der Waals surface area (Å²) in [5, 5.41) is 21.2. The Hall–Kier alpha value is -0.620. The van der Waals surface area contributed by atoms with Gasteiger partial charge in [0.05, 0.1) is 18.8 Å². The van der Waals surface area contributed by atoms with Gasteiger partial charge in [0.25, 0.3) is 0 Å². The molecule has 0 aliphatic heterocycles. The summed E-state index contributed by atoms with van der Waals surface area (Å²) < 4.78 is 11.6. The Bertz CT molecular complexity index is 727. The number of esters is 1. The van der Waals surface area contributed by atoms with Crippen molar-refractivity contribution in [3.8, 4) is 0 Å². The van der Waals surface area contributed by atoms with Crippen LogP contribution >= 0.6 is 11.6 Å². The summed E-state index contributed by atoms with van der Waals surface area (Å²) in [7, 11) is 0. The molecule has 0 aromatic heterocycles. The number of aliphatic hydroxyl groups is 2. The summed E-state index contributed by atoms with van der Waals surface area (Å²) in [5.41, 5.74) is -0.205. The number of ether oxygens (including phenoxy) is 2. The zero-order valence-corrected chi connectivity index (χ0v) is 22.6. The Balaban J connectivity index is 1.01. The summed E-state index contributed by atoms with van der Waals surface area (Å²) in [6.45, 7) is 0.386. The van der Waals surface area contributed by atoms with Gasteiger partial charge in [-0.05, 0) is 113 Å². The van der Waals surface area contributed by atoms with Gasteiger partial charge in [-0.2, -0.15) is 0 Å². The van der Waals surface area contributed by atoms with E-state index in [9.17, 15) is 15.0 Å². The second kappa shape index (κ2) is 12.1. The summed E-state index contributed by atoms with van der Waals surface area (Å²) in [4.78, 5) is 12.5. The average Bonchev–Trinajstić information content (AvgIpc) is 3.10. The number of aliphatic hydroxyl groups excluding tert-OH is 2. The molecule has 4 bridgehead atoms. The van der Waals surface area contributed by atoms with Crippen LogP contribution in [0, 0.1) is 35.5 Å². The maximum atomic E-state index is 12.5. The van der Waals surface area contributed by atoms with Crippen molar-refractivity contribution in [1.29, 1.82) is 0 Å². The van der Waals surface area contributed by atoms with Crippen LogP contribution in [0.25, 0.3) is 0 Å². The van der Waals surface area contributed by atoms with Crippen LogP contribution in [0.2, 0.25) is 0 Å². The molecule has 0 spiro atoms. The predicted octanol–water partition coefficient (Wildman–Crippen LogP) is 5.79. The Morgan fingerprint density at radius 3 is 2.31 bits per heavy atom. The van der Waals surface area contributed by atoms with Crippen molar-refractivity contribution in [1.82, 2.24) is 0 Å². The van der Waals surface area contributed by atoms with Crippen LogP contribution in [-0.4, -0.2) is 52.6 Å². The molecule has 36 heavy (non-hydrogen) atoms. The van der Waals surface area contributed by atoms with Gasteiger partial charge in [0.1, 0.15) is 12.2 Å². The van der Waals surface area contributed by atoms with Gasteiger partial charge in [0.2, 0.25) is 0 Å². The van der Waals surface area contributed by atoms with Crippen molar-refractivity contribution < 1.29 is 24.5 Å². The van der Waals surface area contributed by atoms with E-state index in [-0.39, 0.29) is 47.6 Å². The van der Waals surface area contributed by atoms with Crippen molar-refractivity contribution in [2.24, 2.45) is 35.5 Å². The lowest BCUT2D eigenvalue weighted by atomic mass is 9.54. The lowest BCUT2D eigenvalue weighted by molar-refractivity contribution is -0.190. The summed E-state index contributed by atoms with van der Waals surface area (Å²) >= 11 is 6.61. The molecule has 0 heterocycles. The molecule has 6 aliphatic rings. The number of carbonyl (C=O) groups is 1. The van der Waals surface area contributed by atoms with Crippen LogP contribution in [0.5, 0.6) is 0 Å². The van der Waals surface area contributed by atoms with E-state index in [4.69, 9.17) is 21.1 Å². The van der Waals surface area contributed by atoms with E-state index in [1.54, 1.807) is 0 Å². The van der Waals surface area contributed by atoms with Crippen molar-refractivity contribution in [2.45, 2.75) is 119 Å². The fourth-order valence-corrected chi connectivity index (χ4v) is 9.41. The minimum Gasteiger partial charge on any atom is -0.457 e. The fraction of sp³-hybridized carbons (Fsp3) is 0.900. The molecular formula is C30H47ClO5. The smallest absolute Gasteiger partial charge is 0.332 e. The summed E-state index contributed by atoms with van der Waals surface area (Å²) in [6, 6.07) is 0. The molecule has 6 fully saturated rings. The van der Waals surface area contributed by atoms with Gasteiger partial charge < -0.3 is 19.7 Å². The van der Waals surface area contributed by atoms with Gasteiger partial charge in [-0.25, -0.2) is 4.79 Å². The molecule has 0 aromatic carbocycles. The minimum atomic E-state index is -0.389. The number of allylic oxidation sites excluding steroid dienone is 1. The molecule has 6 saturated carbocycles. The van der Waals surface area contributed by atoms with E-state index in [2.05, 4.69) is 6.08 Å². The largest absolute Gasteiger partial charge is 0.457 e. The Morgan fingerprint density at radius 2 is 1.64 bits per heavy atom. The van der Waals surface area contributed by atoms with Crippen LogP contribution in [0.4, 0.5) is 0 Å². The quantitative estimate of drug-likeness (QED) is 0.155. The van der Waals surface area contributed by atoms with E-state index in [1.165, 1.54) is 38.5 Å². The first-order valence-electron chi connectivity index (χ1n) is 14.9. The maximum Gasteiger partial charge on any atom is 0.332 e. The van der Waals surface area contributed by atoms with Crippen LogP contribution in [0.15, 0.2) is 12.2 Å². The lowest BCUT2D eigenvalue weighted by Crippen LogP contribution is -2.53. The van der Waals surface area contributed by atoms with Gasteiger partial charge in [0.15, 0.2) is 0 Å². The molecule has 0 amide bonds. The molecule has 0 aromatic rings. The molecular weight excluding hydrogens is 476 g/mol. The topological polar surface area (TPSA) is 76.0 Å². The molecule has 6 rings (SSSR count). The summed E-state index contributed by atoms with van der Waals surface area (Å²) in [6.07, 6.45) is 19.6. The highest BCUT2D eigenvalue weighted by molar-refractivity contribution is 6.21. The standard InChI is InChI=1S/C30H47ClO5/c31-26-15-28(33)25(9-10-27(32)23-6-2-1-3-7-23)24(26)8-4-5-11-35-19-29(34)36-30-16-20-12-21(17-30)14-22(13-20)18-30/h4-5,20-28,32-33H,1-3,6-19H2/b5-4-/t20?,21?,22?,24?,25?,26-,27-,28-,30?/m0/s1. The number of carbonyl (C=O) groups excluding carboxylic acids is 1. The van der Waals surface area contributed by atoms with Gasteiger partial charge in [-0.15, -0.1) is 11.6 Å². The highest BCUT2D eigenvalue weighted by atomic mass is 35.5. The van der Waals surface area contributed by atoms with Gasteiger partial charge >= 0.3 is 5.97 Å². The van der Waals surface area contributed by atoms with Crippen LogP contribution in [-0.2, 0) is 14.3 Å². The molecule has 6 heteroatoms. The van der Waals surface area contributed by atoms with Crippen LogP contribution in [0.1, 0.15) is 96.3 Å². The zero-order valence-electron chi connectivity index (χ0n) is 21.9. The number of hydrogen-bond donors (Lipinski definition) is 2. The normalized spacial score (nSPS) is 41.2. The summed E-state index contributed by atoms with van der Waals surface area (Å²) in [5.74, 6) is 2.81. The van der Waals surface area contributed by atoms with E-state index < -0.39 is 0 Å². The zero-order chi connectivity index (χ0) is 25.1. The first-order valence-corrected chi connectivity index (χ1v) is 15.3. The highest BCUT2D eigenvalue weighted by Crippen LogP contribution is 2.57. The monoisotopic (exact) mass is 522 g/mol. The third kappa shape index (κ3) is 6.50. The first kappa shape index (κ1) is 27.0. The Morgan fingerprint density at radius 1 is 0.972 bits per heavy atom. The van der Waals surface area contributed by atoms with E-state index in [1.807, 2.05) is 6.08 Å². The third-order valence-corrected chi connectivity index (χ3v) is 10.8. The molecule has 5 nitrogen and oxygen atoms in total.